The van der Waals surface area contributed by atoms with Crippen LogP contribution in [0.1, 0.15) is 39.6 Å². The first kappa shape index (κ1) is 31.2. The number of thioether (sulfide) groups is 1. The van der Waals surface area contributed by atoms with E-state index < -0.39 is 5.97 Å². The molecule has 0 radical (unpaired) electrons. The van der Waals surface area contributed by atoms with Gasteiger partial charge in [-0.2, -0.15) is 0 Å². The Hall–Kier alpha value is -3.30. The summed E-state index contributed by atoms with van der Waals surface area (Å²) < 4.78 is 0. The highest BCUT2D eigenvalue weighted by atomic mass is 35.5. The van der Waals surface area contributed by atoms with Crippen LogP contribution in [0, 0.1) is 0 Å². The third-order valence-corrected chi connectivity index (χ3v) is 7.75. The van der Waals surface area contributed by atoms with Crippen molar-refractivity contribution in [1.29, 1.82) is 0 Å². The number of halogens is 1. The van der Waals surface area contributed by atoms with Crippen molar-refractivity contribution in [1.82, 2.24) is 0 Å². The van der Waals surface area contributed by atoms with Gasteiger partial charge < -0.3 is 18.3 Å². The minimum Gasteiger partial charge on any atom is -0.813 e. The molecule has 4 rings (SSSR count). The predicted octanol–water partition coefficient (Wildman–Crippen LogP) is 7.74. The van der Waals surface area contributed by atoms with Gasteiger partial charge in [0.2, 0.25) is 5.78 Å². The molecule has 0 aromatic heterocycles. The maximum atomic E-state index is 13.1. The van der Waals surface area contributed by atoms with Gasteiger partial charge in [-0.25, -0.2) is 4.79 Å². The van der Waals surface area contributed by atoms with Crippen molar-refractivity contribution in [3.8, 4) is 0 Å². The molecule has 0 bridgehead atoms. The monoisotopic (exact) mass is 606 g/mol. The summed E-state index contributed by atoms with van der Waals surface area (Å²) in [5.74, 6) is -0.334. The Kier molecular flexibility index (Phi) is 12.1. The number of thiol groups is 1. The molecule has 0 saturated heterocycles. The number of nitrogens with zero attached hydrogens (tertiary/aromatic N) is 1. The molecule has 0 atom stereocenters. The molecule has 0 aliphatic heterocycles. The van der Waals surface area contributed by atoms with Gasteiger partial charge in [-0.1, -0.05) is 58.9 Å². The molecule has 0 unspecified atom stereocenters. The highest BCUT2D eigenvalue weighted by Gasteiger charge is 2.16. The highest BCUT2D eigenvalue weighted by molar-refractivity contribution is 7.99. The van der Waals surface area contributed by atoms with Crippen LogP contribution in [-0.2, 0) is 23.1 Å². The Morgan fingerprint density at radius 2 is 1.25 bits per heavy atom. The third-order valence-electron chi connectivity index (χ3n) is 5.47. The lowest BCUT2D eigenvalue weighted by atomic mass is 10.0. The van der Waals surface area contributed by atoms with E-state index in [0.29, 0.717) is 33.9 Å². The van der Waals surface area contributed by atoms with Crippen molar-refractivity contribution < 1.29 is 19.2 Å². The number of carbonyl (C=O) groups excluding carboxylic acids is 3. The van der Waals surface area contributed by atoms with E-state index in [0.717, 1.165) is 14.7 Å². The van der Waals surface area contributed by atoms with Gasteiger partial charge in [0.1, 0.15) is 5.71 Å². The minimum absolute atomic E-state index is 0. The normalized spacial score (nSPS) is 10.9. The van der Waals surface area contributed by atoms with Crippen LogP contribution in [0.15, 0.2) is 123 Å². The SMILES string of the molecule is CC(=O)O/N=C(\CCSc1ccc(Cl)cc1)C(=O)c1ccc(Sc2ccc(C(=O)c3ccccc3)cc2)cc1.[SH-]. The number of hydrogen-bond acceptors (Lipinski definition) is 8. The first-order chi connectivity index (χ1) is 18.9. The van der Waals surface area contributed by atoms with E-state index in [1.54, 1.807) is 48.2 Å². The minimum atomic E-state index is -0.589. The summed E-state index contributed by atoms with van der Waals surface area (Å²) in [6.45, 7) is 1.24. The summed E-state index contributed by atoms with van der Waals surface area (Å²) in [5, 5.41) is 4.49. The number of rotatable bonds is 11. The number of benzene rings is 4. The molecule has 0 N–H and O–H groups in total. The summed E-state index contributed by atoms with van der Waals surface area (Å²) in [7, 11) is 0. The van der Waals surface area contributed by atoms with Gasteiger partial charge in [-0.3, -0.25) is 9.59 Å². The van der Waals surface area contributed by atoms with Crippen LogP contribution < -0.4 is 0 Å². The maximum absolute atomic E-state index is 13.1. The van der Waals surface area contributed by atoms with E-state index in [1.165, 1.54) is 18.7 Å². The molecular weight excluding hydrogens is 582 g/mol. The summed E-state index contributed by atoms with van der Waals surface area (Å²) in [5.41, 5.74) is 1.90. The average molecular weight is 607 g/mol. The Balaban J connectivity index is 0.00000441. The van der Waals surface area contributed by atoms with Crippen molar-refractivity contribution in [2.24, 2.45) is 5.16 Å². The Labute approximate surface area is 253 Å². The van der Waals surface area contributed by atoms with Gasteiger partial charge in [0.05, 0.1) is 0 Å². The van der Waals surface area contributed by atoms with Crippen LogP contribution >= 0.6 is 35.1 Å². The van der Waals surface area contributed by atoms with E-state index in [-0.39, 0.29) is 30.8 Å². The number of ketones is 2. The molecular formula is C31H25ClNO4S3-. The Bertz CT molecular complexity index is 1470. The van der Waals surface area contributed by atoms with E-state index >= 15 is 0 Å². The van der Waals surface area contributed by atoms with Gasteiger partial charge in [0.25, 0.3) is 0 Å². The van der Waals surface area contributed by atoms with Gasteiger partial charge in [0.15, 0.2) is 5.78 Å². The van der Waals surface area contributed by atoms with Gasteiger partial charge in [0, 0.05) is 55.5 Å². The molecule has 0 aliphatic carbocycles. The molecule has 0 heterocycles. The zero-order valence-electron chi connectivity index (χ0n) is 21.5. The van der Waals surface area contributed by atoms with Gasteiger partial charge in [-0.05, 0) is 72.8 Å². The zero-order chi connectivity index (χ0) is 27.6. The molecule has 9 heteroatoms. The molecule has 0 spiro atoms. The molecule has 4 aromatic rings. The number of carbonyl (C=O) groups is 3. The largest absolute Gasteiger partial charge is 0.813 e. The fourth-order valence-electron chi connectivity index (χ4n) is 3.52. The smallest absolute Gasteiger partial charge is 0.331 e. The number of hydrogen-bond donors (Lipinski definition) is 0. The van der Waals surface area contributed by atoms with Crippen LogP contribution in [0.25, 0.3) is 0 Å². The molecule has 0 fully saturated rings. The highest BCUT2D eigenvalue weighted by Crippen LogP contribution is 2.29. The van der Waals surface area contributed by atoms with E-state index in [2.05, 4.69) is 5.16 Å². The van der Waals surface area contributed by atoms with Crippen molar-refractivity contribution in [3.63, 3.8) is 0 Å². The average Bonchev–Trinajstić information content (AvgIpc) is 2.96. The molecule has 0 saturated carbocycles. The second-order valence-electron chi connectivity index (χ2n) is 8.35. The predicted molar refractivity (Wildman–Crippen MR) is 166 cm³/mol. The second-order valence-corrected chi connectivity index (χ2v) is 11.1. The summed E-state index contributed by atoms with van der Waals surface area (Å²) in [6, 6.07) is 31.2. The van der Waals surface area contributed by atoms with E-state index in [4.69, 9.17) is 16.4 Å². The van der Waals surface area contributed by atoms with Crippen LogP contribution in [-0.4, -0.2) is 29.0 Å². The molecule has 204 valence electrons. The van der Waals surface area contributed by atoms with E-state index in [9.17, 15) is 14.4 Å². The van der Waals surface area contributed by atoms with Crippen LogP contribution in [0.2, 0.25) is 5.02 Å². The van der Waals surface area contributed by atoms with Crippen molar-refractivity contribution in [3.05, 3.63) is 125 Å². The lowest BCUT2D eigenvalue weighted by molar-refractivity contribution is -0.140. The molecule has 0 amide bonds. The fourth-order valence-corrected chi connectivity index (χ4v) is 5.33. The number of oxime groups is 1. The van der Waals surface area contributed by atoms with Crippen molar-refractivity contribution in [2.45, 2.75) is 28.0 Å². The lowest BCUT2D eigenvalue weighted by Gasteiger charge is -2.08. The van der Waals surface area contributed by atoms with Crippen LogP contribution in [0.5, 0.6) is 0 Å². The first-order valence-electron chi connectivity index (χ1n) is 12.0. The molecule has 0 aliphatic rings. The Morgan fingerprint density at radius 3 is 1.82 bits per heavy atom. The van der Waals surface area contributed by atoms with Gasteiger partial charge >= 0.3 is 5.97 Å². The third kappa shape index (κ3) is 9.13. The van der Waals surface area contributed by atoms with Crippen molar-refractivity contribution in [2.75, 3.05) is 5.75 Å². The molecule has 5 nitrogen and oxygen atoms in total. The summed E-state index contributed by atoms with van der Waals surface area (Å²) in [4.78, 5) is 44.8. The first-order valence-corrected chi connectivity index (χ1v) is 14.2. The molecule has 4 aromatic carbocycles. The van der Waals surface area contributed by atoms with Gasteiger partial charge in [-0.15, -0.1) is 11.8 Å². The van der Waals surface area contributed by atoms with Crippen LogP contribution in [0.3, 0.4) is 0 Å². The summed E-state index contributed by atoms with van der Waals surface area (Å²) in [6.07, 6.45) is 0.323. The fraction of sp³-hybridized carbons (Fsp3) is 0.0968. The van der Waals surface area contributed by atoms with Crippen LogP contribution in [0.4, 0.5) is 0 Å². The standard InChI is InChI=1S/C31H24ClNO4S2.H2S/c1-21(34)37-33-29(19-20-38-26-17-11-25(32)12-18-26)31(36)24-9-15-28(16-10-24)39-27-13-7-23(8-14-27)30(35)22-5-3-2-4-6-22;/h2-18H,19-20H2,1H3;1H2/p-1/b33-29+;. The lowest BCUT2D eigenvalue weighted by Crippen LogP contribution is -2.16. The topological polar surface area (TPSA) is 72.8 Å². The number of Topliss-reactive ketones (excluding diaryl/α,β-unsaturated/α-hetero) is 1. The Morgan fingerprint density at radius 1 is 0.725 bits per heavy atom. The second kappa shape index (κ2) is 15.5. The van der Waals surface area contributed by atoms with Crippen molar-refractivity contribution >= 4 is 71.9 Å². The quantitative estimate of drug-likeness (QED) is 0.0329. The summed E-state index contributed by atoms with van der Waals surface area (Å²) >= 11 is 9.01. The maximum Gasteiger partial charge on any atom is 0.331 e. The zero-order valence-corrected chi connectivity index (χ0v) is 24.7. The molecule has 40 heavy (non-hydrogen) atoms. The van der Waals surface area contributed by atoms with E-state index in [1.807, 2.05) is 66.7 Å².